The smallest absolute Gasteiger partial charge is 0.224 e. The summed E-state index contributed by atoms with van der Waals surface area (Å²) in [5, 5.41) is 6.76. The molecule has 1 amide bonds. The van der Waals surface area contributed by atoms with Crippen LogP contribution in [-0.4, -0.2) is 37.5 Å². The minimum absolute atomic E-state index is 0.153. The van der Waals surface area contributed by atoms with E-state index in [9.17, 15) is 4.79 Å². The summed E-state index contributed by atoms with van der Waals surface area (Å²) in [7, 11) is 3.58. The summed E-state index contributed by atoms with van der Waals surface area (Å²) in [6, 6.07) is 6.42. The highest BCUT2D eigenvalue weighted by molar-refractivity contribution is 5.78. The Balaban J connectivity index is 2.05. The van der Waals surface area contributed by atoms with E-state index in [0.29, 0.717) is 6.42 Å². The summed E-state index contributed by atoms with van der Waals surface area (Å²) in [5.41, 5.74) is 3.43. The average Bonchev–Trinajstić information content (AvgIpc) is 2.28. The molecule has 1 aliphatic rings. The maximum atomic E-state index is 11.6. The molecule has 0 aromatic heterocycles. The molecule has 1 aliphatic heterocycles. The third kappa shape index (κ3) is 2.70. The number of hydrogen-bond acceptors (Lipinski definition) is 3. The van der Waals surface area contributed by atoms with Crippen LogP contribution in [-0.2, 0) is 4.79 Å². The number of nitrogens with one attached hydrogen (secondary N) is 2. The van der Waals surface area contributed by atoms with Crippen LogP contribution in [0, 0.1) is 6.92 Å². The van der Waals surface area contributed by atoms with Gasteiger partial charge in [0.25, 0.3) is 0 Å². The van der Waals surface area contributed by atoms with Crippen molar-refractivity contribution in [2.45, 2.75) is 19.4 Å². The molecule has 0 spiro atoms. The standard InChI is InChI=1S/C13H19N3O/c1-9-4-5-11-12(6-9)15-10(8-14-11)7-13(17)16(2)3/h4-6,10,14-15H,7-8H2,1-3H3/t10-/m0/s1. The fourth-order valence-electron chi connectivity index (χ4n) is 1.95. The molecule has 92 valence electrons. The number of amides is 1. The molecule has 1 aromatic carbocycles. The fourth-order valence-corrected chi connectivity index (χ4v) is 1.95. The van der Waals surface area contributed by atoms with Crippen molar-refractivity contribution in [3.05, 3.63) is 23.8 Å². The Bertz CT molecular complexity index is 429. The monoisotopic (exact) mass is 233 g/mol. The first-order valence-electron chi connectivity index (χ1n) is 5.87. The van der Waals surface area contributed by atoms with Crippen LogP contribution in [0.25, 0.3) is 0 Å². The van der Waals surface area contributed by atoms with Gasteiger partial charge in [-0.1, -0.05) is 6.07 Å². The van der Waals surface area contributed by atoms with Crippen LogP contribution in [0.15, 0.2) is 18.2 Å². The second-order valence-electron chi connectivity index (χ2n) is 4.76. The second-order valence-corrected chi connectivity index (χ2v) is 4.76. The van der Waals surface area contributed by atoms with Gasteiger partial charge in [0, 0.05) is 27.1 Å². The Morgan fingerprint density at radius 3 is 2.88 bits per heavy atom. The lowest BCUT2D eigenvalue weighted by atomic mass is 10.1. The van der Waals surface area contributed by atoms with Gasteiger partial charge in [-0.3, -0.25) is 4.79 Å². The molecule has 0 saturated heterocycles. The zero-order valence-corrected chi connectivity index (χ0v) is 10.6. The molecule has 4 nitrogen and oxygen atoms in total. The van der Waals surface area contributed by atoms with Crippen LogP contribution >= 0.6 is 0 Å². The highest BCUT2D eigenvalue weighted by Gasteiger charge is 2.20. The Morgan fingerprint density at radius 2 is 2.18 bits per heavy atom. The number of carbonyl (C=O) groups excluding carboxylic acids is 1. The second kappa shape index (κ2) is 4.65. The van der Waals surface area contributed by atoms with Crippen molar-refractivity contribution in [2.75, 3.05) is 31.3 Å². The van der Waals surface area contributed by atoms with Crippen molar-refractivity contribution in [2.24, 2.45) is 0 Å². The van der Waals surface area contributed by atoms with Gasteiger partial charge < -0.3 is 15.5 Å². The summed E-state index contributed by atoms with van der Waals surface area (Å²) in [5.74, 6) is 0.153. The van der Waals surface area contributed by atoms with E-state index in [0.717, 1.165) is 17.9 Å². The minimum atomic E-state index is 0.153. The Kier molecular flexibility index (Phi) is 3.22. The Labute approximate surface area is 102 Å². The first-order valence-corrected chi connectivity index (χ1v) is 5.87. The summed E-state index contributed by atoms with van der Waals surface area (Å²) >= 11 is 0. The molecule has 0 saturated carbocycles. The molecule has 1 aromatic rings. The van der Waals surface area contributed by atoms with Crippen molar-refractivity contribution in [1.29, 1.82) is 0 Å². The summed E-state index contributed by atoms with van der Waals surface area (Å²) < 4.78 is 0. The number of anilines is 2. The fraction of sp³-hybridized carbons (Fsp3) is 0.462. The van der Waals surface area contributed by atoms with Gasteiger partial charge in [-0.2, -0.15) is 0 Å². The van der Waals surface area contributed by atoms with Crippen LogP contribution < -0.4 is 10.6 Å². The molecular weight excluding hydrogens is 214 g/mol. The minimum Gasteiger partial charge on any atom is -0.381 e. The molecule has 0 bridgehead atoms. The van der Waals surface area contributed by atoms with Crippen LogP contribution in [0.4, 0.5) is 11.4 Å². The maximum Gasteiger partial charge on any atom is 0.224 e. The van der Waals surface area contributed by atoms with E-state index in [1.54, 1.807) is 19.0 Å². The number of hydrogen-bond donors (Lipinski definition) is 2. The van der Waals surface area contributed by atoms with Crippen LogP contribution in [0.2, 0.25) is 0 Å². The van der Waals surface area contributed by atoms with E-state index in [2.05, 4.69) is 35.8 Å². The summed E-state index contributed by atoms with van der Waals surface area (Å²) in [4.78, 5) is 13.3. The zero-order chi connectivity index (χ0) is 12.4. The highest BCUT2D eigenvalue weighted by Crippen LogP contribution is 2.27. The molecule has 17 heavy (non-hydrogen) atoms. The molecule has 0 unspecified atom stereocenters. The molecule has 0 fully saturated rings. The molecule has 2 N–H and O–H groups in total. The quantitative estimate of drug-likeness (QED) is 0.817. The normalized spacial score (nSPS) is 17.7. The van der Waals surface area contributed by atoms with Gasteiger partial charge in [-0.05, 0) is 24.6 Å². The molecular formula is C13H19N3O. The SMILES string of the molecule is Cc1ccc2c(c1)N[C@@H](CC(=O)N(C)C)CN2. The lowest BCUT2D eigenvalue weighted by Crippen LogP contribution is -2.37. The average molecular weight is 233 g/mol. The Morgan fingerprint density at radius 1 is 1.41 bits per heavy atom. The molecule has 1 heterocycles. The highest BCUT2D eigenvalue weighted by atomic mass is 16.2. The van der Waals surface area contributed by atoms with Crippen LogP contribution in [0.1, 0.15) is 12.0 Å². The van der Waals surface area contributed by atoms with E-state index in [1.807, 2.05) is 0 Å². The predicted octanol–water partition coefficient (Wildman–Crippen LogP) is 1.68. The van der Waals surface area contributed by atoms with Crippen molar-refractivity contribution in [3.8, 4) is 0 Å². The number of carbonyl (C=O) groups is 1. The zero-order valence-electron chi connectivity index (χ0n) is 10.6. The van der Waals surface area contributed by atoms with Gasteiger partial charge >= 0.3 is 0 Å². The lowest BCUT2D eigenvalue weighted by molar-refractivity contribution is -0.128. The maximum absolute atomic E-state index is 11.6. The van der Waals surface area contributed by atoms with Crippen molar-refractivity contribution in [1.82, 2.24) is 4.90 Å². The van der Waals surface area contributed by atoms with Gasteiger partial charge in [0.05, 0.1) is 17.4 Å². The van der Waals surface area contributed by atoms with Crippen molar-refractivity contribution >= 4 is 17.3 Å². The van der Waals surface area contributed by atoms with E-state index < -0.39 is 0 Å². The number of benzene rings is 1. The van der Waals surface area contributed by atoms with Gasteiger partial charge in [0.15, 0.2) is 0 Å². The van der Waals surface area contributed by atoms with Gasteiger partial charge in [0.2, 0.25) is 5.91 Å². The molecule has 4 heteroatoms. The van der Waals surface area contributed by atoms with E-state index in [-0.39, 0.29) is 11.9 Å². The molecule has 0 aliphatic carbocycles. The summed E-state index contributed by atoms with van der Waals surface area (Å²) in [6.45, 7) is 2.85. The van der Waals surface area contributed by atoms with Crippen molar-refractivity contribution < 1.29 is 4.79 Å². The first kappa shape index (κ1) is 11.8. The van der Waals surface area contributed by atoms with E-state index >= 15 is 0 Å². The third-order valence-electron chi connectivity index (χ3n) is 2.99. The van der Waals surface area contributed by atoms with Gasteiger partial charge in [-0.15, -0.1) is 0 Å². The lowest BCUT2D eigenvalue weighted by Gasteiger charge is -2.29. The number of aryl methyl sites for hydroxylation is 1. The number of nitrogens with zero attached hydrogens (tertiary/aromatic N) is 1. The summed E-state index contributed by atoms with van der Waals surface area (Å²) in [6.07, 6.45) is 0.521. The van der Waals surface area contributed by atoms with Crippen molar-refractivity contribution in [3.63, 3.8) is 0 Å². The Hall–Kier alpha value is -1.71. The number of fused-ring (bicyclic) bond motifs is 1. The third-order valence-corrected chi connectivity index (χ3v) is 2.99. The first-order chi connectivity index (χ1) is 8.06. The molecule has 1 atom stereocenters. The van der Waals surface area contributed by atoms with Gasteiger partial charge in [0.1, 0.15) is 0 Å². The van der Waals surface area contributed by atoms with Crippen LogP contribution in [0.3, 0.4) is 0 Å². The van der Waals surface area contributed by atoms with E-state index in [4.69, 9.17) is 0 Å². The van der Waals surface area contributed by atoms with Crippen LogP contribution in [0.5, 0.6) is 0 Å². The number of rotatable bonds is 2. The predicted molar refractivity (Wildman–Crippen MR) is 70.4 cm³/mol. The molecule has 2 rings (SSSR count). The topological polar surface area (TPSA) is 44.4 Å². The molecule has 0 radical (unpaired) electrons. The van der Waals surface area contributed by atoms with Gasteiger partial charge in [-0.25, -0.2) is 0 Å². The van der Waals surface area contributed by atoms with E-state index in [1.165, 1.54) is 5.56 Å². The largest absolute Gasteiger partial charge is 0.381 e.